The van der Waals surface area contributed by atoms with Crippen molar-refractivity contribution in [3.8, 4) is 0 Å². The fraction of sp³-hybridized carbons (Fsp3) is 0.435. The summed E-state index contributed by atoms with van der Waals surface area (Å²) < 4.78 is 18.7. The molecule has 156 valence electrons. The minimum atomic E-state index is -0.876. The van der Waals surface area contributed by atoms with Gasteiger partial charge in [-0.1, -0.05) is 0 Å². The van der Waals surface area contributed by atoms with E-state index in [0.29, 0.717) is 5.56 Å². The molecule has 0 amide bonds. The second kappa shape index (κ2) is 9.88. The maximum atomic E-state index is 12.3. The van der Waals surface area contributed by atoms with Crippen LogP contribution < -0.4 is 4.46 Å². The van der Waals surface area contributed by atoms with Crippen molar-refractivity contribution in [2.45, 2.75) is 43.6 Å². The SMILES string of the molecule is CO[C@@H]1[C@@H](O)[C@@H](COC(=O)c2ccccc2)O[C@H](C[Se]c2ccccc2)C1(C)C. The number of carbonyl (C=O) groups is 1. The van der Waals surface area contributed by atoms with Crippen LogP contribution in [0.3, 0.4) is 0 Å². The summed E-state index contributed by atoms with van der Waals surface area (Å²) in [6, 6.07) is 19.1. The van der Waals surface area contributed by atoms with Gasteiger partial charge in [-0.2, -0.15) is 0 Å². The van der Waals surface area contributed by atoms with Crippen LogP contribution in [0.2, 0.25) is 5.32 Å². The molecule has 0 spiro atoms. The first-order valence-corrected chi connectivity index (χ1v) is 11.8. The molecule has 1 aliphatic rings. The number of carbonyl (C=O) groups excluding carboxylic acids is 1. The fourth-order valence-electron chi connectivity index (χ4n) is 3.62. The normalized spacial score (nSPS) is 26.1. The van der Waals surface area contributed by atoms with Crippen LogP contribution in [-0.2, 0) is 14.2 Å². The zero-order valence-corrected chi connectivity index (χ0v) is 18.7. The molecule has 5 nitrogen and oxygen atoms in total. The monoisotopic (exact) mass is 464 g/mol. The Hall–Kier alpha value is -1.69. The summed E-state index contributed by atoms with van der Waals surface area (Å²) in [5, 5.41) is 11.7. The average Bonchev–Trinajstić information content (AvgIpc) is 2.73. The third-order valence-electron chi connectivity index (χ3n) is 5.38. The van der Waals surface area contributed by atoms with Crippen molar-refractivity contribution in [2.75, 3.05) is 13.7 Å². The van der Waals surface area contributed by atoms with Crippen LogP contribution in [0.1, 0.15) is 24.2 Å². The summed E-state index contributed by atoms with van der Waals surface area (Å²) >= 11 is 0.231. The Morgan fingerprint density at radius 1 is 1.10 bits per heavy atom. The number of benzene rings is 2. The molecule has 1 fully saturated rings. The number of ether oxygens (including phenoxy) is 3. The predicted molar refractivity (Wildman–Crippen MR) is 113 cm³/mol. The first kappa shape index (κ1) is 22.0. The van der Waals surface area contributed by atoms with E-state index in [-0.39, 0.29) is 33.1 Å². The van der Waals surface area contributed by atoms with Gasteiger partial charge < -0.3 is 0 Å². The first-order chi connectivity index (χ1) is 13.9. The summed E-state index contributed by atoms with van der Waals surface area (Å²) in [6.07, 6.45) is -2.03. The van der Waals surface area contributed by atoms with Crippen LogP contribution >= 0.6 is 0 Å². The molecule has 0 aromatic heterocycles. The summed E-state index contributed by atoms with van der Waals surface area (Å²) in [5.41, 5.74) is 0.107. The number of aliphatic hydroxyl groups excluding tert-OH is 1. The topological polar surface area (TPSA) is 65.0 Å². The van der Waals surface area contributed by atoms with Crippen molar-refractivity contribution in [2.24, 2.45) is 5.41 Å². The summed E-state index contributed by atoms with van der Waals surface area (Å²) in [4.78, 5) is 12.3. The zero-order chi connectivity index (χ0) is 20.9. The molecule has 3 rings (SSSR count). The van der Waals surface area contributed by atoms with E-state index in [0.717, 1.165) is 5.32 Å². The Kier molecular flexibility index (Phi) is 7.49. The van der Waals surface area contributed by atoms with E-state index in [1.54, 1.807) is 31.4 Å². The zero-order valence-electron chi connectivity index (χ0n) is 17.0. The van der Waals surface area contributed by atoms with E-state index < -0.39 is 24.3 Å². The van der Waals surface area contributed by atoms with Crippen molar-refractivity contribution in [3.63, 3.8) is 0 Å². The molecule has 0 saturated carbocycles. The molecule has 29 heavy (non-hydrogen) atoms. The van der Waals surface area contributed by atoms with E-state index >= 15 is 0 Å². The summed E-state index contributed by atoms with van der Waals surface area (Å²) in [6.45, 7) is 4.10. The number of esters is 1. The predicted octanol–water partition coefficient (Wildman–Crippen LogP) is 2.46. The van der Waals surface area contributed by atoms with Gasteiger partial charge in [0.25, 0.3) is 0 Å². The minimum absolute atomic E-state index is 0.0142. The molecule has 0 unspecified atom stereocenters. The Bertz CT molecular complexity index is 780. The number of aliphatic hydroxyl groups is 1. The van der Waals surface area contributed by atoms with Crippen molar-refractivity contribution in [3.05, 3.63) is 66.2 Å². The molecule has 1 N–H and O–H groups in total. The van der Waals surface area contributed by atoms with E-state index in [1.165, 1.54) is 4.46 Å². The van der Waals surface area contributed by atoms with Crippen molar-refractivity contribution >= 4 is 25.4 Å². The van der Waals surface area contributed by atoms with E-state index in [9.17, 15) is 9.90 Å². The Morgan fingerprint density at radius 2 is 1.72 bits per heavy atom. The molecular weight excluding hydrogens is 435 g/mol. The van der Waals surface area contributed by atoms with Crippen LogP contribution in [0, 0.1) is 5.41 Å². The molecule has 1 heterocycles. The molecule has 2 aromatic carbocycles. The van der Waals surface area contributed by atoms with Gasteiger partial charge in [0.2, 0.25) is 0 Å². The van der Waals surface area contributed by atoms with Crippen LogP contribution in [0.4, 0.5) is 0 Å². The van der Waals surface area contributed by atoms with E-state index in [2.05, 4.69) is 26.0 Å². The molecule has 1 aliphatic heterocycles. The van der Waals surface area contributed by atoms with Gasteiger partial charge in [0.1, 0.15) is 0 Å². The van der Waals surface area contributed by atoms with Gasteiger partial charge >= 0.3 is 178 Å². The second-order valence-electron chi connectivity index (χ2n) is 7.72. The Labute approximate surface area is 178 Å². The molecule has 2 aromatic rings. The van der Waals surface area contributed by atoms with Crippen molar-refractivity contribution in [1.29, 1.82) is 0 Å². The fourth-order valence-corrected chi connectivity index (χ4v) is 6.15. The molecule has 4 atom stereocenters. The van der Waals surface area contributed by atoms with Crippen LogP contribution in [0.5, 0.6) is 0 Å². The standard InChI is InChI=1S/C23H28O5Se/c1-23(2)19(15-29-17-12-8-5-9-13-17)28-18(20(24)21(23)26-3)14-27-22(25)16-10-6-4-7-11-16/h4-13,18-21,24H,14-15H2,1-3H3/t18-,19-,20+,21-/m1/s1. The molecule has 0 radical (unpaired) electrons. The number of rotatable bonds is 7. The molecule has 0 aliphatic carbocycles. The Balaban J connectivity index is 1.67. The molecule has 1 saturated heterocycles. The molecular formula is C23H28O5Se. The van der Waals surface area contributed by atoms with E-state index in [4.69, 9.17) is 14.2 Å². The maximum absolute atomic E-state index is 12.3. The molecule has 0 bridgehead atoms. The summed E-state index contributed by atoms with van der Waals surface area (Å²) in [7, 11) is 1.60. The second-order valence-corrected chi connectivity index (χ2v) is 10.0. The number of hydrogen-bond donors (Lipinski definition) is 1. The number of methoxy groups -OCH3 is 1. The van der Waals surface area contributed by atoms with Crippen molar-refractivity contribution < 1.29 is 24.1 Å². The van der Waals surface area contributed by atoms with Gasteiger partial charge in [-0.25, -0.2) is 0 Å². The van der Waals surface area contributed by atoms with E-state index in [1.807, 2.05) is 24.3 Å². The van der Waals surface area contributed by atoms with Gasteiger partial charge in [-0.15, -0.1) is 0 Å². The van der Waals surface area contributed by atoms with Crippen LogP contribution in [-0.4, -0.2) is 64.2 Å². The van der Waals surface area contributed by atoms with Gasteiger partial charge in [-0.05, 0) is 0 Å². The quantitative estimate of drug-likeness (QED) is 0.505. The number of hydrogen-bond acceptors (Lipinski definition) is 5. The average molecular weight is 463 g/mol. The van der Waals surface area contributed by atoms with Gasteiger partial charge in [-0.3, -0.25) is 0 Å². The Morgan fingerprint density at radius 3 is 2.34 bits per heavy atom. The van der Waals surface area contributed by atoms with Crippen molar-refractivity contribution in [1.82, 2.24) is 0 Å². The third kappa shape index (κ3) is 5.27. The van der Waals surface area contributed by atoms with Gasteiger partial charge in [0.05, 0.1) is 0 Å². The first-order valence-electron chi connectivity index (χ1n) is 9.70. The van der Waals surface area contributed by atoms with Gasteiger partial charge in [0.15, 0.2) is 0 Å². The summed E-state index contributed by atoms with van der Waals surface area (Å²) in [5.74, 6) is -0.426. The van der Waals surface area contributed by atoms with Crippen LogP contribution in [0.25, 0.3) is 0 Å². The van der Waals surface area contributed by atoms with Gasteiger partial charge in [0, 0.05) is 0 Å². The third-order valence-corrected chi connectivity index (χ3v) is 7.64. The van der Waals surface area contributed by atoms with Crippen LogP contribution in [0.15, 0.2) is 60.7 Å². The molecule has 6 heteroatoms.